The minimum Gasteiger partial charge on any atom is -0.468 e. The first-order valence-corrected chi connectivity index (χ1v) is 9.72. The fourth-order valence-electron chi connectivity index (χ4n) is 3.49. The number of fused-ring (bicyclic) bond motifs is 1. The van der Waals surface area contributed by atoms with Crippen LogP contribution in [0.5, 0.6) is 5.75 Å². The summed E-state index contributed by atoms with van der Waals surface area (Å²) < 4.78 is 11.7. The number of hydrogen-bond acceptors (Lipinski definition) is 2. The summed E-state index contributed by atoms with van der Waals surface area (Å²) in [7, 11) is 0. The Labute approximate surface area is 161 Å². The zero-order valence-corrected chi connectivity index (χ0v) is 15.5. The molecule has 1 aliphatic rings. The Kier molecular flexibility index (Phi) is 5.72. The van der Waals surface area contributed by atoms with Gasteiger partial charge in [-0.1, -0.05) is 61.4 Å². The number of benzene rings is 3. The second-order valence-electron chi connectivity index (χ2n) is 7.03. The van der Waals surface area contributed by atoms with Crippen molar-refractivity contribution in [3.05, 3.63) is 77.9 Å². The summed E-state index contributed by atoms with van der Waals surface area (Å²) in [6.07, 6.45) is 6.57. The van der Waals surface area contributed by atoms with Gasteiger partial charge in [0.15, 0.2) is 6.79 Å². The van der Waals surface area contributed by atoms with E-state index in [0.29, 0.717) is 12.9 Å². The van der Waals surface area contributed by atoms with Crippen LogP contribution in [0.25, 0.3) is 10.8 Å². The van der Waals surface area contributed by atoms with Crippen molar-refractivity contribution in [2.75, 3.05) is 6.79 Å². The van der Waals surface area contributed by atoms with E-state index in [0.717, 1.165) is 40.5 Å². The number of rotatable bonds is 4. The SMILES string of the molecule is C(#Cc1ccc2cc(OCOC3CCCCC3)ccc2c1)c1ccccc1. The van der Waals surface area contributed by atoms with Gasteiger partial charge in [0.2, 0.25) is 0 Å². The largest absolute Gasteiger partial charge is 0.468 e. The molecule has 27 heavy (non-hydrogen) atoms. The summed E-state index contributed by atoms with van der Waals surface area (Å²) >= 11 is 0. The topological polar surface area (TPSA) is 18.5 Å². The molecule has 0 heterocycles. The highest BCUT2D eigenvalue weighted by atomic mass is 16.7. The third-order valence-electron chi connectivity index (χ3n) is 5.02. The van der Waals surface area contributed by atoms with Gasteiger partial charge in [-0.05, 0) is 60.0 Å². The molecule has 0 unspecified atom stereocenters. The zero-order chi connectivity index (χ0) is 18.3. The summed E-state index contributed by atoms with van der Waals surface area (Å²) in [5.74, 6) is 7.29. The quantitative estimate of drug-likeness (QED) is 0.426. The standard InChI is InChI=1S/C25H24O2/c1-3-7-20(8-4-1)11-12-21-13-14-23-18-25(16-15-22(23)17-21)27-19-26-24-9-5-2-6-10-24/h1,3-4,7-8,13-18,24H,2,5-6,9-10,19H2. The van der Waals surface area contributed by atoms with Crippen LogP contribution in [0.4, 0.5) is 0 Å². The van der Waals surface area contributed by atoms with Crippen LogP contribution in [0.1, 0.15) is 43.2 Å². The van der Waals surface area contributed by atoms with Gasteiger partial charge in [0, 0.05) is 11.1 Å². The maximum absolute atomic E-state index is 5.85. The highest BCUT2D eigenvalue weighted by Gasteiger charge is 2.13. The maximum Gasteiger partial charge on any atom is 0.189 e. The average Bonchev–Trinajstić information content (AvgIpc) is 2.74. The minimum absolute atomic E-state index is 0.330. The van der Waals surface area contributed by atoms with E-state index in [1.165, 1.54) is 19.3 Å². The molecule has 136 valence electrons. The van der Waals surface area contributed by atoms with Gasteiger partial charge in [-0.3, -0.25) is 0 Å². The lowest BCUT2D eigenvalue weighted by Crippen LogP contribution is -2.19. The Hall–Kier alpha value is -2.76. The first-order valence-electron chi connectivity index (χ1n) is 9.72. The maximum atomic E-state index is 5.85. The lowest BCUT2D eigenvalue weighted by molar-refractivity contribution is -0.0496. The van der Waals surface area contributed by atoms with Gasteiger partial charge >= 0.3 is 0 Å². The molecule has 0 aliphatic heterocycles. The minimum atomic E-state index is 0.330. The van der Waals surface area contributed by atoms with Crippen molar-refractivity contribution < 1.29 is 9.47 Å². The van der Waals surface area contributed by atoms with Crippen molar-refractivity contribution in [3.63, 3.8) is 0 Å². The lowest BCUT2D eigenvalue weighted by atomic mass is 9.98. The van der Waals surface area contributed by atoms with Crippen molar-refractivity contribution in [1.82, 2.24) is 0 Å². The van der Waals surface area contributed by atoms with Crippen LogP contribution >= 0.6 is 0 Å². The molecule has 1 aliphatic carbocycles. The molecule has 4 rings (SSSR count). The van der Waals surface area contributed by atoms with Crippen LogP contribution < -0.4 is 4.74 Å². The van der Waals surface area contributed by atoms with Gasteiger partial charge in [-0.15, -0.1) is 0 Å². The van der Waals surface area contributed by atoms with Crippen LogP contribution in [0.2, 0.25) is 0 Å². The lowest BCUT2D eigenvalue weighted by Gasteiger charge is -2.21. The fraction of sp³-hybridized carbons (Fsp3) is 0.280. The van der Waals surface area contributed by atoms with E-state index in [2.05, 4.69) is 42.2 Å². The number of hydrogen-bond donors (Lipinski definition) is 0. The normalized spacial score (nSPS) is 14.5. The molecule has 0 N–H and O–H groups in total. The van der Waals surface area contributed by atoms with Gasteiger partial charge in [0.25, 0.3) is 0 Å². The van der Waals surface area contributed by atoms with Gasteiger partial charge in [0.1, 0.15) is 5.75 Å². The van der Waals surface area contributed by atoms with E-state index in [9.17, 15) is 0 Å². The van der Waals surface area contributed by atoms with E-state index in [1.54, 1.807) is 0 Å². The smallest absolute Gasteiger partial charge is 0.189 e. The summed E-state index contributed by atoms with van der Waals surface area (Å²) in [6.45, 7) is 0.330. The van der Waals surface area contributed by atoms with Gasteiger partial charge in [-0.25, -0.2) is 0 Å². The molecular formula is C25H24O2. The predicted molar refractivity (Wildman–Crippen MR) is 110 cm³/mol. The van der Waals surface area contributed by atoms with E-state index in [-0.39, 0.29) is 0 Å². The Morgan fingerprint density at radius 3 is 2.33 bits per heavy atom. The van der Waals surface area contributed by atoms with Crippen LogP contribution in [0.15, 0.2) is 66.7 Å². The van der Waals surface area contributed by atoms with Gasteiger partial charge < -0.3 is 9.47 Å². The van der Waals surface area contributed by atoms with Crippen LogP contribution in [0.3, 0.4) is 0 Å². The van der Waals surface area contributed by atoms with Gasteiger partial charge in [-0.2, -0.15) is 0 Å². The summed E-state index contributed by atoms with van der Waals surface area (Å²) in [5.41, 5.74) is 2.04. The van der Waals surface area contributed by atoms with Crippen molar-refractivity contribution >= 4 is 10.8 Å². The van der Waals surface area contributed by atoms with E-state index < -0.39 is 0 Å². The van der Waals surface area contributed by atoms with Crippen LogP contribution in [-0.2, 0) is 4.74 Å². The van der Waals surface area contributed by atoms with Crippen LogP contribution in [-0.4, -0.2) is 12.9 Å². The summed E-state index contributed by atoms with van der Waals surface area (Å²) in [5, 5.41) is 2.31. The van der Waals surface area contributed by atoms with Gasteiger partial charge in [0.05, 0.1) is 6.10 Å². The van der Waals surface area contributed by atoms with Crippen LogP contribution in [0, 0.1) is 11.8 Å². The third-order valence-corrected chi connectivity index (χ3v) is 5.02. The Balaban J connectivity index is 1.40. The Bertz CT molecular complexity index is 944. The molecule has 1 fully saturated rings. The summed E-state index contributed by atoms with van der Waals surface area (Å²) in [4.78, 5) is 0. The molecule has 2 nitrogen and oxygen atoms in total. The highest BCUT2D eigenvalue weighted by molar-refractivity contribution is 5.85. The monoisotopic (exact) mass is 356 g/mol. The molecule has 2 heteroatoms. The predicted octanol–water partition coefficient (Wildman–Crippen LogP) is 5.93. The molecule has 0 radical (unpaired) electrons. The van der Waals surface area contributed by atoms with Crippen molar-refractivity contribution in [3.8, 4) is 17.6 Å². The first-order chi connectivity index (χ1) is 13.4. The molecular weight excluding hydrogens is 332 g/mol. The molecule has 3 aromatic carbocycles. The number of ether oxygens (including phenoxy) is 2. The second kappa shape index (κ2) is 8.75. The van der Waals surface area contributed by atoms with Crippen molar-refractivity contribution in [2.24, 2.45) is 0 Å². The second-order valence-corrected chi connectivity index (χ2v) is 7.03. The molecule has 0 aromatic heterocycles. The van der Waals surface area contributed by atoms with E-state index in [4.69, 9.17) is 9.47 Å². The molecule has 1 saturated carbocycles. The average molecular weight is 356 g/mol. The molecule has 0 amide bonds. The van der Waals surface area contributed by atoms with Crippen molar-refractivity contribution in [2.45, 2.75) is 38.2 Å². The third kappa shape index (κ3) is 4.90. The molecule has 0 atom stereocenters. The molecule has 0 spiro atoms. The Morgan fingerprint density at radius 2 is 1.48 bits per heavy atom. The highest BCUT2D eigenvalue weighted by Crippen LogP contribution is 2.23. The fourth-order valence-corrected chi connectivity index (χ4v) is 3.49. The van der Waals surface area contributed by atoms with Crippen molar-refractivity contribution in [1.29, 1.82) is 0 Å². The van der Waals surface area contributed by atoms with E-state index in [1.807, 2.05) is 36.4 Å². The first kappa shape index (κ1) is 17.6. The van der Waals surface area contributed by atoms with E-state index >= 15 is 0 Å². The zero-order valence-electron chi connectivity index (χ0n) is 15.5. The molecule has 0 saturated heterocycles. The molecule has 3 aromatic rings. The molecule has 0 bridgehead atoms. The summed E-state index contributed by atoms with van der Waals surface area (Å²) in [6, 6.07) is 22.5. The Morgan fingerprint density at radius 1 is 0.741 bits per heavy atom.